The lowest BCUT2D eigenvalue weighted by atomic mass is 9.88. The molecule has 0 bridgehead atoms. The monoisotopic (exact) mass is 1250 g/mol. The first-order valence-electron chi connectivity index (χ1n) is 29.9. The molecule has 0 amide bonds. The van der Waals surface area contributed by atoms with Crippen molar-refractivity contribution in [1.82, 2.24) is 44.0 Å². The van der Waals surface area contributed by atoms with Crippen LogP contribution in [0.4, 0.5) is 38.0 Å². The average molecular weight is 1250 g/mol. The topological polar surface area (TPSA) is 207 Å². The molecule has 5 atom stereocenters. The van der Waals surface area contributed by atoms with Crippen LogP contribution < -0.4 is 19.3 Å². The molecule has 25 heteroatoms. The van der Waals surface area contributed by atoms with Gasteiger partial charge in [-0.1, -0.05) is 17.9 Å². The molecular formula is C65H61F6N11O7S. The Balaban J connectivity index is 0.840. The van der Waals surface area contributed by atoms with Crippen LogP contribution in [0.1, 0.15) is 81.0 Å². The maximum absolute atomic E-state index is 18.0. The second-order valence-corrected chi connectivity index (χ2v) is 27.2. The number of pyridine rings is 2. The molecule has 1 unspecified atom stereocenters. The number of nitrogens with zero attached hydrogens (tertiary/aromatic N) is 11. The van der Waals surface area contributed by atoms with Crippen LogP contribution in [0.5, 0.6) is 23.5 Å². The van der Waals surface area contributed by atoms with E-state index in [1.54, 1.807) is 11.8 Å². The lowest BCUT2D eigenvalue weighted by Crippen LogP contribution is -2.44. The normalized spacial score (nSPS) is 24.4. The highest BCUT2D eigenvalue weighted by Gasteiger charge is 2.56. The average Bonchev–Trinajstić information content (AvgIpc) is 1.31. The molecule has 6 fully saturated rings. The number of aromatic nitrogens is 6. The van der Waals surface area contributed by atoms with Gasteiger partial charge in [-0.2, -0.15) is 19.9 Å². The lowest BCUT2D eigenvalue weighted by molar-refractivity contribution is 0.0350. The molecule has 0 aliphatic carbocycles. The number of likely N-dealkylation sites (N-methyl/N-ethyl adjacent to an activating group) is 1. The quantitative estimate of drug-likeness (QED) is 0.0816. The van der Waals surface area contributed by atoms with Crippen LogP contribution in [0, 0.1) is 48.0 Å². The molecule has 4 aromatic carbocycles. The number of anilines is 2. The van der Waals surface area contributed by atoms with E-state index in [1.807, 2.05) is 14.7 Å². The van der Waals surface area contributed by atoms with Gasteiger partial charge < -0.3 is 34.6 Å². The van der Waals surface area contributed by atoms with Crippen LogP contribution in [0.15, 0.2) is 54.9 Å². The highest BCUT2D eigenvalue weighted by molar-refractivity contribution is 7.89. The molecule has 466 valence electrons. The third-order valence-corrected chi connectivity index (χ3v) is 21.3. The Kier molecular flexibility index (Phi) is 14.5. The van der Waals surface area contributed by atoms with Gasteiger partial charge >= 0.3 is 12.0 Å². The van der Waals surface area contributed by atoms with Crippen LogP contribution in [0.25, 0.3) is 65.9 Å². The van der Waals surface area contributed by atoms with Gasteiger partial charge in [0.05, 0.1) is 50.4 Å². The zero-order valence-corrected chi connectivity index (χ0v) is 49.9. The Morgan fingerprint density at radius 1 is 0.678 bits per heavy atom. The van der Waals surface area contributed by atoms with E-state index in [2.05, 4.69) is 31.8 Å². The van der Waals surface area contributed by atoms with Gasteiger partial charge in [0.1, 0.15) is 82.7 Å². The van der Waals surface area contributed by atoms with Gasteiger partial charge in [0.25, 0.3) is 0 Å². The smallest absolute Gasteiger partial charge is 0.319 e. The summed E-state index contributed by atoms with van der Waals surface area (Å²) >= 11 is 0. The number of terminal acetylenes is 2. The first kappa shape index (κ1) is 59.3. The maximum atomic E-state index is 18.0. The maximum Gasteiger partial charge on any atom is 0.319 e. The Labute approximate surface area is 513 Å². The summed E-state index contributed by atoms with van der Waals surface area (Å²) in [5.74, 6) is 0.437. The minimum absolute atomic E-state index is 0.00453. The summed E-state index contributed by atoms with van der Waals surface area (Å²) in [5.41, 5.74) is -4.57. The summed E-state index contributed by atoms with van der Waals surface area (Å²) in [6.07, 6.45) is 14.9. The minimum Gasteiger partial charge on any atom is -0.508 e. The highest BCUT2D eigenvalue weighted by atomic mass is 32.2. The number of fused-ring (bicyclic) bond motifs is 6. The summed E-state index contributed by atoms with van der Waals surface area (Å²) in [6.45, 7) is 3.48. The molecule has 6 saturated heterocycles. The number of hydrogen-bond acceptors (Lipinski definition) is 17. The molecule has 10 heterocycles. The molecule has 4 aromatic heterocycles. The lowest BCUT2D eigenvalue weighted by Gasteiger charge is -2.37. The number of rotatable bonds is 11. The highest BCUT2D eigenvalue weighted by Crippen LogP contribution is 2.53. The molecule has 90 heavy (non-hydrogen) atoms. The third-order valence-electron chi connectivity index (χ3n) is 19.5. The molecule has 14 rings (SSSR count). The molecule has 18 nitrogen and oxygen atoms in total. The Hall–Kier alpha value is -8.33. The number of phenols is 2. The minimum atomic E-state index is -3.65. The summed E-state index contributed by atoms with van der Waals surface area (Å²) in [4.78, 5) is 35.2. The van der Waals surface area contributed by atoms with Crippen molar-refractivity contribution in [1.29, 1.82) is 0 Å². The number of hydrogen-bond donors (Lipinski definition) is 3. The Bertz CT molecular complexity index is 4530. The SMILES string of the molecule is C#Cc1c(F)ccc2cc(O)cc(-c3ncc4c(N5CCC(C)(O)CC5)nc(OC[C@@]56CCCN5C(c5cc(F)c(C#C)c7c(-c8ncc9c(N%10CCN(C)S(=O)(=O)CC%10)nc(OC[C@@]%10%11CCCN%10C[C@H](F)C%11)nc9c8F)cc(O)cc57)[C@H](F)C6)nc4c3F)c12. The van der Waals surface area contributed by atoms with E-state index in [4.69, 9.17) is 32.3 Å². The van der Waals surface area contributed by atoms with Gasteiger partial charge in [0.2, 0.25) is 10.0 Å². The number of phenolic OH excluding ortho intramolecular Hbond substituents is 2. The Morgan fingerprint density at radius 2 is 1.27 bits per heavy atom. The van der Waals surface area contributed by atoms with Crippen molar-refractivity contribution >= 4 is 65.0 Å². The zero-order chi connectivity index (χ0) is 62.9. The van der Waals surface area contributed by atoms with Gasteiger partial charge in [-0.3, -0.25) is 19.8 Å². The molecule has 6 aliphatic heterocycles. The van der Waals surface area contributed by atoms with E-state index in [0.717, 1.165) is 18.6 Å². The number of piperidine rings is 1. The van der Waals surface area contributed by atoms with Crippen LogP contribution in [0.2, 0.25) is 0 Å². The fourth-order valence-electron chi connectivity index (χ4n) is 14.9. The summed E-state index contributed by atoms with van der Waals surface area (Å²) in [5, 5.41) is 34.2. The predicted molar refractivity (Wildman–Crippen MR) is 325 cm³/mol. The number of halogens is 6. The number of benzene rings is 4. The van der Waals surface area contributed by atoms with Gasteiger partial charge in [0, 0.05) is 93.5 Å². The number of aliphatic hydroxyl groups is 1. The van der Waals surface area contributed by atoms with Crippen molar-refractivity contribution < 1.29 is 59.6 Å². The molecule has 0 spiro atoms. The van der Waals surface area contributed by atoms with Crippen molar-refractivity contribution in [3.8, 4) is 70.7 Å². The second kappa shape index (κ2) is 22.0. The standard InChI is InChI=1S/C65H61F6N11O7S/c1-5-39-47(67)10-9-35-23-37(83)25-43(50(35)39)54-52(70)56-45(30-72-54)59(79-17-13-63(3,85)14-18-79)76-62(75-56)89-34-65-12-8-16-82(65)58(49(69)29-65)42-27-48(68)40(6-2)51-41(42)24-38(84)26-44(51)55-53(71)57-46(31-73-55)60(80-20-19-78(4)90(86,87)22-21-80)77-61(74-57)88-33-64-11-7-15-81(64)32-36(66)28-64/h1-2,9-10,23-27,30-31,36,49,58,83-85H,7-8,11-22,28-29,32-34H2,3-4H3/t36-,49-,58?,64+,65+/m1/s1. The van der Waals surface area contributed by atoms with Crippen LogP contribution in [-0.2, 0) is 10.0 Å². The van der Waals surface area contributed by atoms with Crippen LogP contribution in [0.3, 0.4) is 0 Å². The molecule has 6 aliphatic rings. The van der Waals surface area contributed by atoms with E-state index in [0.29, 0.717) is 63.7 Å². The van der Waals surface area contributed by atoms with Crippen molar-refractivity contribution in [2.24, 2.45) is 0 Å². The first-order chi connectivity index (χ1) is 43.1. The predicted octanol–water partition coefficient (Wildman–Crippen LogP) is 9.02. The summed E-state index contributed by atoms with van der Waals surface area (Å²) < 4.78 is 140. The van der Waals surface area contributed by atoms with E-state index in [9.17, 15) is 28.1 Å². The number of alkyl halides is 2. The van der Waals surface area contributed by atoms with Gasteiger partial charge in [0.15, 0.2) is 11.6 Å². The number of aromatic hydroxyl groups is 2. The fourth-order valence-corrected chi connectivity index (χ4v) is 16.0. The number of sulfonamides is 1. The zero-order valence-electron chi connectivity index (χ0n) is 49.1. The van der Waals surface area contributed by atoms with Crippen molar-refractivity contribution in [3.63, 3.8) is 0 Å². The van der Waals surface area contributed by atoms with Crippen LogP contribution in [-0.4, -0.2) is 175 Å². The van der Waals surface area contributed by atoms with Gasteiger partial charge in [-0.05, 0) is 111 Å². The second-order valence-electron chi connectivity index (χ2n) is 25.0. The van der Waals surface area contributed by atoms with Crippen molar-refractivity contribution in [3.05, 3.63) is 94.8 Å². The van der Waals surface area contributed by atoms with Gasteiger partial charge in [-0.15, -0.1) is 12.8 Å². The number of ether oxygens (including phenoxy) is 2. The van der Waals surface area contributed by atoms with Crippen LogP contribution >= 0.6 is 0 Å². The van der Waals surface area contributed by atoms with E-state index < -0.39 is 79.8 Å². The first-order valence-corrected chi connectivity index (χ1v) is 31.5. The molecule has 0 radical (unpaired) electrons. The Morgan fingerprint density at radius 3 is 1.92 bits per heavy atom. The fraction of sp³-hybridized carbons (Fsp3) is 0.415. The van der Waals surface area contributed by atoms with Gasteiger partial charge in [-0.25, -0.2) is 39.1 Å². The van der Waals surface area contributed by atoms with E-state index >= 15 is 22.0 Å². The van der Waals surface area contributed by atoms with Crippen molar-refractivity contribution in [2.45, 2.75) is 93.4 Å². The molecule has 3 N–H and O–H groups in total. The molecule has 0 saturated carbocycles. The summed E-state index contributed by atoms with van der Waals surface area (Å²) in [7, 11) is -2.19. The third kappa shape index (κ3) is 9.86. The van der Waals surface area contributed by atoms with Crippen molar-refractivity contribution in [2.75, 3.05) is 88.2 Å². The summed E-state index contributed by atoms with van der Waals surface area (Å²) in [6, 6.07) is 7.03. The largest absolute Gasteiger partial charge is 0.508 e. The van der Waals surface area contributed by atoms with E-state index in [1.165, 1.54) is 54.1 Å². The molecular weight excluding hydrogens is 1190 g/mol. The molecule has 8 aromatic rings. The van der Waals surface area contributed by atoms with E-state index in [-0.39, 0.29) is 159 Å².